The lowest BCUT2D eigenvalue weighted by molar-refractivity contribution is 0.0946. The second kappa shape index (κ2) is 5.92. The third kappa shape index (κ3) is 2.60. The summed E-state index contributed by atoms with van der Waals surface area (Å²) in [5.41, 5.74) is 1.93. The fourth-order valence-corrected chi connectivity index (χ4v) is 2.40. The summed E-state index contributed by atoms with van der Waals surface area (Å²) in [6.45, 7) is 0.315. The maximum Gasteiger partial charge on any atom is 0.271 e. The molecule has 1 N–H and O–H groups in total. The molecule has 0 aliphatic heterocycles. The fourth-order valence-electron chi connectivity index (χ4n) is 2.40. The van der Waals surface area contributed by atoms with Gasteiger partial charge >= 0.3 is 0 Å². The zero-order valence-electron chi connectivity index (χ0n) is 12.6. The molecule has 4 aromatic rings. The first kappa shape index (κ1) is 14.1. The molecular weight excluding hydrogens is 306 g/mol. The van der Waals surface area contributed by atoms with Crippen LogP contribution in [0.4, 0.5) is 0 Å². The van der Waals surface area contributed by atoms with Crippen molar-refractivity contribution < 1.29 is 4.79 Å². The highest BCUT2D eigenvalue weighted by Gasteiger charge is 2.12. The Bertz CT molecular complexity index is 958. The summed E-state index contributed by atoms with van der Waals surface area (Å²) < 4.78 is 3.37. The highest BCUT2D eigenvalue weighted by molar-refractivity contribution is 5.92. The van der Waals surface area contributed by atoms with Crippen LogP contribution in [-0.4, -0.2) is 35.0 Å². The lowest BCUT2D eigenvalue weighted by Gasteiger charge is -2.08. The molecule has 4 aromatic heterocycles. The molecule has 0 saturated carbocycles. The van der Waals surface area contributed by atoms with Crippen molar-refractivity contribution in [2.75, 3.05) is 0 Å². The van der Waals surface area contributed by atoms with E-state index in [1.807, 2.05) is 36.5 Å². The number of rotatable bonds is 4. The molecule has 0 aliphatic rings. The van der Waals surface area contributed by atoms with Crippen molar-refractivity contribution in [3.63, 3.8) is 0 Å². The van der Waals surface area contributed by atoms with Gasteiger partial charge in [-0.1, -0.05) is 12.1 Å². The monoisotopic (exact) mass is 319 g/mol. The van der Waals surface area contributed by atoms with E-state index in [0.717, 1.165) is 11.2 Å². The van der Waals surface area contributed by atoms with Crippen LogP contribution in [0.15, 0.2) is 61.6 Å². The van der Waals surface area contributed by atoms with E-state index >= 15 is 0 Å². The number of carbonyl (C=O) groups is 1. The number of hydrogen-bond acceptors (Lipinski definition) is 5. The summed E-state index contributed by atoms with van der Waals surface area (Å²) in [7, 11) is 0. The Morgan fingerprint density at radius 3 is 3.00 bits per heavy atom. The normalized spacial score (nSPS) is 10.8. The number of nitrogens with one attached hydrogen (secondary N) is 1. The first-order valence-electron chi connectivity index (χ1n) is 7.32. The van der Waals surface area contributed by atoms with Gasteiger partial charge in [0.2, 0.25) is 0 Å². The summed E-state index contributed by atoms with van der Waals surface area (Å²) in [5, 5.41) is 6.94. The van der Waals surface area contributed by atoms with Crippen LogP contribution in [0.5, 0.6) is 0 Å². The van der Waals surface area contributed by atoms with E-state index in [1.165, 1.54) is 6.33 Å². The van der Waals surface area contributed by atoms with Gasteiger partial charge in [0, 0.05) is 30.7 Å². The number of carbonyl (C=O) groups excluding carboxylic acids is 1. The van der Waals surface area contributed by atoms with Gasteiger partial charge in [-0.3, -0.25) is 4.79 Å². The Hall–Kier alpha value is -3.55. The Morgan fingerprint density at radius 2 is 2.17 bits per heavy atom. The molecule has 24 heavy (non-hydrogen) atoms. The van der Waals surface area contributed by atoms with Gasteiger partial charge in [-0.25, -0.2) is 19.6 Å². The summed E-state index contributed by atoms with van der Waals surface area (Å²) >= 11 is 0. The van der Waals surface area contributed by atoms with Gasteiger partial charge < -0.3 is 9.72 Å². The third-order valence-electron chi connectivity index (χ3n) is 3.54. The van der Waals surface area contributed by atoms with E-state index in [4.69, 9.17) is 0 Å². The highest BCUT2D eigenvalue weighted by Crippen LogP contribution is 2.10. The standard InChI is InChI=1S/C16H13N7O/c24-16(13-9-22-7-2-1-5-14(22)21-13)19-8-12-4-3-6-18-15(12)23-11-17-10-20-23/h1-7,9-11H,8H2,(H,19,24). The van der Waals surface area contributed by atoms with Gasteiger partial charge in [0.1, 0.15) is 24.0 Å². The Morgan fingerprint density at radius 1 is 1.21 bits per heavy atom. The molecule has 4 rings (SSSR count). The van der Waals surface area contributed by atoms with Crippen LogP contribution in [0.1, 0.15) is 16.1 Å². The number of nitrogens with zero attached hydrogens (tertiary/aromatic N) is 6. The predicted octanol–water partition coefficient (Wildman–Crippen LogP) is 1.24. The maximum absolute atomic E-state index is 12.3. The van der Waals surface area contributed by atoms with Crippen molar-refractivity contribution >= 4 is 11.6 Å². The van der Waals surface area contributed by atoms with Gasteiger partial charge in [0.05, 0.1) is 0 Å². The van der Waals surface area contributed by atoms with Crippen LogP contribution in [0.2, 0.25) is 0 Å². The van der Waals surface area contributed by atoms with Crippen LogP contribution in [-0.2, 0) is 6.54 Å². The molecule has 118 valence electrons. The minimum atomic E-state index is -0.243. The molecule has 0 radical (unpaired) electrons. The number of amides is 1. The average Bonchev–Trinajstić information content (AvgIpc) is 3.29. The number of hydrogen-bond donors (Lipinski definition) is 1. The Kier molecular flexibility index (Phi) is 3.47. The lowest BCUT2D eigenvalue weighted by atomic mass is 10.2. The summed E-state index contributed by atoms with van der Waals surface area (Å²) in [4.78, 5) is 24.9. The van der Waals surface area contributed by atoms with E-state index in [-0.39, 0.29) is 5.91 Å². The SMILES string of the molecule is O=C(NCc1cccnc1-n1cncn1)c1cn2ccccc2n1. The minimum absolute atomic E-state index is 0.243. The molecule has 8 nitrogen and oxygen atoms in total. The highest BCUT2D eigenvalue weighted by atomic mass is 16.1. The Labute approximate surface area is 136 Å². The van der Waals surface area contributed by atoms with Gasteiger partial charge in [-0.15, -0.1) is 0 Å². The summed E-state index contributed by atoms with van der Waals surface area (Å²) in [5.74, 6) is 0.386. The van der Waals surface area contributed by atoms with Crippen molar-refractivity contribution in [3.05, 3.63) is 72.8 Å². The predicted molar refractivity (Wildman–Crippen MR) is 85.5 cm³/mol. The quantitative estimate of drug-likeness (QED) is 0.611. The minimum Gasteiger partial charge on any atom is -0.346 e. The molecule has 1 amide bonds. The second-order valence-corrected chi connectivity index (χ2v) is 5.10. The molecule has 0 spiro atoms. The van der Waals surface area contributed by atoms with Crippen LogP contribution in [0, 0.1) is 0 Å². The van der Waals surface area contributed by atoms with E-state index in [2.05, 4.69) is 25.4 Å². The Balaban J connectivity index is 1.54. The van der Waals surface area contributed by atoms with Gasteiger partial charge in [-0.2, -0.15) is 5.10 Å². The van der Waals surface area contributed by atoms with Crippen molar-refractivity contribution in [1.29, 1.82) is 0 Å². The summed E-state index contributed by atoms with van der Waals surface area (Å²) in [6, 6.07) is 9.31. The smallest absolute Gasteiger partial charge is 0.271 e. The van der Waals surface area contributed by atoms with Crippen LogP contribution in [0.25, 0.3) is 11.5 Å². The lowest BCUT2D eigenvalue weighted by Crippen LogP contribution is -2.24. The fraction of sp³-hybridized carbons (Fsp3) is 0.0625. The molecule has 4 heterocycles. The van der Waals surface area contributed by atoms with E-state index in [0.29, 0.717) is 18.1 Å². The molecule has 0 bridgehead atoms. The first-order valence-corrected chi connectivity index (χ1v) is 7.32. The second-order valence-electron chi connectivity index (χ2n) is 5.10. The number of aromatic nitrogens is 6. The van der Waals surface area contributed by atoms with Crippen LogP contribution in [0.3, 0.4) is 0 Å². The van der Waals surface area contributed by atoms with Crippen molar-refractivity contribution in [2.24, 2.45) is 0 Å². The third-order valence-corrected chi connectivity index (χ3v) is 3.54. The van der Waals surface area contributed by atoms with E-state index < -0.39 is 0 Å². The van der Waals surface area contributed by atoms with Crippen LogP contribution < -0.4 is 5.32 Å². The number of imidazole rings is 1. The zero-order chi connectivity index (χ0) is 16.4. The number of pyridine rings is 2. The molecule has 0 atom stereocenters. The van der Waals surface area contributed by atoms with E-state index in [9.17, 15) is 4.79 Å². The topological polar surface area (TPSA) is 90.0 Å². The molecular formula is C16H13N7O. The van der Waals surface area contributed by atoms with Crippen LogP contribution >= 0.6 is 0 Å². The molecule has 8 heteroatoms. The first-order chi connectivity index (χ1) is 11.8. The largest absolute Gasteiger partial charge is 0.346 e. The average molecular weight is 319 g/mol. The maximum atomic E-state index is 12.3. The van der Waals surface area contributed by atoms with Crippen molar-refractivity contribution in [3.8, 4) is 5.82 Å². The molecule has 0 fully saturated rings. The van der Waals surface area contributed by atoms with Crippen molar-refractivity contribution in [1.82, 2.24) is 34.4 Å². The molecule has 0 aromatic carbocycles. The van der Waals surface area contributed by atoms with Gasteiger partial charge in [0.15, 0.2) is 5.82 Å². The molecule has 0 aliphatic carbocycles. The summed E-state index contributed by atoms with van der Waals surface area (Å²) in [6.07, 6.45) is 8.23. The van der Waals surface area contributed by atoms with Gasteiger partial charge in [-0.05, 0) is 18.2 Å². The van der Waals surface area contributed by atoms with Gasteiger partial charge in [0.25, 0.3) is 5.91 Å². The molecule has 0 saturated heterocycles. The van der Waals surface area contributed by atoms with E-state index in [1.54, 1.807) is 27.8 Å². The molecule has 0 unspecified atom stereocenters. The zero-order valence-corrected chi connectivity index (χ0v) is 12.6. The number of fused-ring (bicyclic) bond motifs is 1. The van der Waals surface area contributed by atoms with Crippen molar-refractivity contribution in [2.45, 2.75) is 6.54 Å².